The van der Waals surface area contributed by atoms with Crippen LogP contribution in [0.3, 0.4) is 0 Å². The number of nitrogen functional groups attached to an aromatic ring is 1. The zero-order chi connectivity index (χ0) is 32.8. The number of alkyl halides is 2. The lowest BCUT2D eigenvalue weighted by atomic mass is 9.44. The summed E-state index contributed by atoms with van der Waals surface area (Å²) in [5.41, 5.74) is 0.847. The number of benzene rings is 2. The van der Waals surface area contributed by atoms with E-state index in [4.69, 9.17) is 15.2 Å². The fraction of sp³-hybridized carbons (Fsp3) is 0.457. The van der Waals surface area contributed by atoms with E-state index in [1.807, 2.05) is 0 Å². The number of amides is 1. The Morgan fingerprint density at radius 2 is 1.85 bits per heavy atom. The molecule has 0 aromatic heterocycles. The molecule has 2 aromatic carbocycles. The Hall–Kier alpha value is -3.77. The largest absolute Gasteiger partial charge is 0.399 e. The third-order valence-electron chi connectivity index (χ3n) is 11.5. The highest BCUT2D eigenvalue weighted by Crippen LogP contribution is 2.72. The smallest absolute Gasteiger partial charge is 0.255 e. The Morgan fingerprint density at radius 1 is 1.11 bits per heavy atom. The molecule has 4 fully saturated rings. The summed E-state index contributed by atoms with van der Waals surface area (Å²) in [6.45, 7) is 2.37. The van der Waals surface area contributed by atoms with Gasteiger partial charge in [0.25, 0.3) is 5.91 Å². The van der Waals surface area contributed by atoms with Crippen LogP contribution in [0.25, 0.3) is 0 Å². The highest BCUT2D eigenvalue weighted by molar-refractivity contribution is 6.04. The SMILES string of the molecule is C[C@]12C=CC(=O)C=C1[C@@H](F)C[C@H]1[C@@H]3C[C@H]4O[C@@H](c5ccc(C(=O)Nc6cccc(N)c6)cc5)O[C@@]4(C(=O)CO)[C@@]3(C)C[C@H](O)[C@@]12F. The predicted molar refractivity (Wildman–Crippen MR) is 163 cm³/mol. The number of carbonyl (C=O) groups is 3. The van der Waals surface area contributed by atoms with Crippen molar-refractivity contribution >= 4 is 28.8 Å². The molecule has 2 aromatic rings. The highest BCUT2D eigenvalue weighted by Gasteiger charge is 2.80. The van der Waals surface area contributed by atoms with Crippen molar-refractivity contribution in [2.45, 2.75) is 69.0 Å². The third-order valence-corrected chi connectivity index (χ3v) is 11.5. The van der Waals surface area contributed by atoms with Gasteiger partial charge in [0.05, 0.1) is 12.2 Å². The molecule has 0 spiro atoms. The summed E-state index contributed by atoms with van der Waals surface area (Å²) in [6, 6.07) is 13.2. The number of aliphatic hydroxyl groups is 2. The highest BCUT2D eigenvalue weighted by atomic mass is 19.1. The van der Waals surface area contributed by atoms with Crippen LogP contribution in [0.4, 0.5) is 20.2 Å². The number of ether oxygens (including phenoxy) is 2. The Balaban J connectivity index is 1.19. The molecule has 4 aliphatic carbocycles. The summed E-state index contributed by atoms with van der Waals surface area (Å²) < 4.78 is 46.2. The summed E-state index contributed by atoms with van der Waals surface area (Å²) in [7, 11) is 0. The van der Waals surface area contributed by atoms with Gasteiger partial charge in [-0.2, -0.15) is 0 Å². The first-order valence-corrected chi connectivity index (χ1v) is 15.5. The lowest BCUT2D eigenvalue weighted by Gasteiger charge is -2.63. The van der Waals surface area contributed by atoms with Crippen molar-refractivity contribution in [1.29, 1.82) is 0 Å². The number of carbonyl (C=O) groups excluding carboxylic acids is 3. The second kappa shape index (κ2) is 10.4. The molecule has 9 nitrogen and oxygen atoms in total. The first-order chi connectivity index (χ1) is 21.8. The molecule has 46 heavy (non-hydrogen) atoms. The molecule has 1 amide bonds. The molecule has 5 N–H and O–H groups in total. The van der Waals surface area contributed by atoms with E-state index in [1.165, 1.54) is 19.1 Å². The van der Waals surface area contributed by atoms with Crippen LogP contribution in [0, 0.1) is 22.7 Å². The van der Waals surface area contributed by atoms with Gasteiger partial charge in [0, 0.05) is 39.2 Å². The van der Waals surface area contributed by atoms with Gasteiger partial charge in [0.1, 0.15) is 12.8 Å². The van der Waals surface area contributed by atoms with Crippen molar-refractivity contribution in [2.75, 3.05) is 17.7 Å². The van der Waals surface area contributed by atoms with E-state index in [0.717, 1.165) is 6.08 Å². The van der Waals surface area contributed by atoms with Crippen molar-refractivity contribution in [3.05, 3.63) is 83.5 Å². The molecule has 3 saturated carbocycles. The number of hydrogen-bond donors (Lipinski definition) is 4. The number of halogens is 2. The Morgan fingerprint density at radius 3 is 2.54 bits per heavy atom. The van der Waals surface area contributed by atoms with Crippen LogP contribution in [0.2, 0.25) is 0 Å². The van der Waals surface area contributed by atoms with Gasteiger partial charge in [-0.15, -0.1) is 0 Å². The van der Waals surface area contributed by atoms with Crippen molar-refractivity contribution < 1.29 is 42.9 Å². The number of hydrogen-bond acceptors (Lipinski definition) is 8. The second-order valence-corrected chi connectivity index (χ2v) is 13.7. The molecule has 0 radical (unpaired) electrons. The third kappa shape index (κ3) is 4.01. The van der Waals surface area contributed by atoms with Crippen molar-refractivity contribution in [3.8, 4) is 0 Å². The monoisotopic (exact) mass is 634 g/mol. The van der Waals surface area contributed by atoms with Crippen molar-refractivity contribution in [2.24, 2.45) is 22.7 Å². The van der Waals surface area contributed by atoms with Crippen LogP contribution in [0.15, 0.2) is 72.3 Å². The number of rotatable bonds is 5. The van der Waals surface area contributed by atoms with Gasteiger partial charge < -0.3 is 30.7 Å². The number of anilines is 2. The number of aliphatic hydroxyl groups excluding tert-OH is 2. The topological polar surface area (TPSA) is 148 Å². The van der Waals surface area contributed by atoms with Gasteiger partial charge in [-0.25, -0.2) is 8.78 Å². The second-order valence-electron chi connectivity index (χ2n) is 13.7. The maximum atomic E-state index is 17.6. The lowest BCUT2D eigenvalue weighted by molar-refractivity contribution is -0.235. The zero-order valence-electron chi connectivity index (χ0n) is 25.4. The Labute approximate surface area is 264 Å². The molecular weight excluding hydrogens is 598 g/mol. The predicted octanol–water partition coefficient (Wildman–Crippen LogP) is 4.16. The van der Waals surface area contributed by atoms with Gasteiger partial charge in [-0.1, -0.05) is 31.2 Å². The fourth-order valence-electron chi connectivity index (χ4n) is 9.33. The molecule has 0 unspecified atom stereocenters. The quantitative estimate of drug-likeness (QED) is 0.359. The van der Waals surface area contributed by atoms with Gasteiger partial charge in [0.15, 0.2) is 29.1 Å². The van der Waals surface area contributed by atoms with Crippen molar-refractivity contribution in [1.82, 2.24) is 0 Å². The summed E-state index contributed by atoms with van der Waals surface area (Å²) in [5, 5.41) is 24.6. The van der Waals surface area contributed by atoms with Crippen LogP contribution in [-0.4, -0.2) is 63.9 Å². The van der Waals surface area contributed by atoms with E-state index in [0.29, 0.717) is 22.5 Å². The number of ketones is 2. The Kier molecular flexibility index (Phi) is 6.95. The van der Waals surface area contributed by atoms with E-state index in [9.17, 15) is 24.6 Å². The Bertz CT molecular complexity index is 1700. The molecule has 11 heteroatoms. The first-order valence-electron chi connectivity index (χ1n) is 15.5. The van der Waals surface area contributed by atoms with Crippen LogP contribution in [0.1, 0.15) is 55.3 Å². The van der Waals surface area contributed by atoms with Gasteiger partial charge in [-0.3, -0.25) is 14.4 Å². The average Bonchev–Trinajstić information content (AvgIpc) is 3.52. The first kappa shape index (κ1) is 30.9. The summed E-state index contributed by atoms with van der Waals surface area (Å²) in [5.74, 6) is -3.14. The van der Waals surface area contributed by atoms with E-state index >= 15 is 8.78 Å². The molecule has 1 heterocycles. The molecule has 242 valence electrons. The number of allylic oxidation sites excluding steroid dienone is 4. The number of Topliss-reactive ketones (excluding diaryl/α,β-unsaturated/α-hetero) is 1. The molecule has 10 atom stereocenters. The van der Waals surface area contributed by atoms with Crippen LogP contribution in [0.5, 0.6) is 0 Å². The molecule has 7 rings (SSSR count). The molecule has 0 bridgehead atoms. The van der Waals surface area contributed by atoms with Gasteiger partial charge in [0.2, 0.25) is 0 Å². The number of fused-ring (bicyclic) bond motifs is 7. The minimum absolute atomic E-state index is 0.0123. The van der Waals surface area contributed by atoms with Gasteiger partial charge in [-0.05, 0) is 80.2 Å². The molecule has 1 saturated heterocycles. The number of nitrogens with one attached hydrogen (secondary N) is 1. The normalized spacial score (nSPS) is 40.7. The average molecular weight is 635 g/mol. The van der Waals surface area contributed by atoms with E-state index in [2.05, 4.69) is 5.32 Å². The number of nitrogens with two attached hydrogens (primary N) is 1. The van der Waals surface area contributed by atoms with Gasteiger partial charge >= 0.3 is 0 Å². The maximum Gasteiger partial charge on any atom is 0.255 e. The van der Waals surface area contributed by atoms with Crippen molar-refractivity contribution in [3.63, 3.8) is 0 Å². The summed E-state index contributed by atoms with van der Waals surface area (Å²) in [4.78, 5) is 38.7. The standard InChI is InChI=1S/C35H36F2N2O7/c1-32-11-10-22(41)13-25(32)26(36)14-24-23-15-29-35(28(43)17-40,33(23,2)16-27(42)34(24,32)37)46-31(45-29)19-8-6-18(7-9-19)30(44)39-21-5-3-4-20(38)12-21/h3-13,23-24,26-27,29,31,40,42H,14-17,38H2,1-2H3,(H,39,44)/t23-,24-,26-,27-,29+,31+,32-,33-,34-,35+/m0/s1. The minimum atomic E-state index is -2.33. The van der Waals surface area contributed by atoms with Crippen LogP contribution in [-0.2, 0) is 19.1 Å². The maximum absolute atomic E-state index is 17.6. The fourth-order valence-corrected chi connectivity index (χ4v) is 9.33. The lowest BCUT2D eigenvalue weighted by Crippen LogP contribution is -2.70. The van der Waals surface area contributed by atoms with E-state index in [1.54, 1.807) is 55.5 Å². The molecular formula is C35H36F2N2O7. The summed E-state index contributed by atoms with van der Waals surface area (Å²) in [6.07, 6.45) is -1.90. The van der Waals surface area contributed by atoms with Crippen LogP contribution >= 0.6 is 0 Å². The molecule has 1 aliphatic heterocycles. The zero-order valence-corrected chi connectivity index (χ0v) is 25.4. The summed E-state index contributed by atoms with van der Waals surface area (Å²) >= 11 is 0. The van der Waals surface area contributed by atoms with E-state index < -0.39 is 76.8 Å². The van der Waals surface area contributed by atoms with Crippen LogP contribution < -0.4 is 11.1 Å². The molecule has 5 aliphatic rings. The van der Waals surface area contributed by atoms with E-state index in [-0.39, 0.29) is 30.7 Å². The minimum Gasteiger partial charge on any atom is -0.399 e.